The van der Waals surface area contributed by atoms with Gasteiger partial charge in [0.2, 0.25) is 5.91 Å². The third-order valence-corrected chi connectivity index (χ3v) is 5.91. The van der Waals surface area contributed by atoms with Gasteiger partial charge in [-0.1, -0.05) is 48.5 Å². The molecule has 0 aliphatic carbocycles. The fraction of sp³-hybridized carbons (Fsp3) is 0.167. The summed E-state index contributed by atoms with van der Waals surface area (Å²) >= 11 is 0. The number of hydrogen-bond donors (Lipinski definition) is 0. The van der Waals surface area contributed by atoms with Crippen molar-refractivity contribution >= 4 is 28.9 Å². The summed E-state index contributed by atoms with van der Waals surface area (Å²) in [7, 11) is 0. The van der Waals surface area contributed by atoms with Crippen molar-refractivity contribution in [2.45, 2.75) is 19.1 Å². The largest absolute Gasteiger partial charge is 0.273 e. The van der Waals surface area contributed by atoms with E-state index in [4.69, 9.17) is 4.84 Å². The number of anilines is 2. The van der Waals surface area contributed by atoms with Crippen molar-refractivity contribution in [3.05, 3.63) is 100 Å². The van der Waals surface area contributed by atoms with Gasteiger partial charge in [0.25, 0.3) is 11.6 Å². The third-order valence-electron chi connectivity index (χ3n) is 5.91. The Morgan fingerprint density at radius 1 is 0.906 bits per heavy atom. The second-order valence-electron chi connectivity index (χ2n) is 7.81. The van der Waals surface area contributed by atoms with Gasteiger partial charge in [-0.15, -0.1) is 0 Å². The fourth-order valence-electron chi connectivity index (χ4n) is 4.43. The standard InChI is InChI=1S/C24H19N3O5/c1-15-8-5-6-13-19(15)25-23(28)20-21(16-9-7-12-18(14-16)27(30)31)26(32-22(20)24(25)29)17-10-3-2-4-11-17/h2-14,20-22H,1H3/t20-,21-,22-/m0/s1. The van der Waals surface area contributed by atoms with Crippen LogP contribution in [0, 0.1) is 23.0 Å². The maximum absolute atomic E-state index is 13.6. The molecule has 8 heteroatoms. The summed E-state index contributed by atoms with van der Waals surface area (Å²) in [5.74, 6) is -1.67. The molecule has 5 rings (SSSR count). The number of imide groups is 1. The van der Waals surface area contributed by atoms with E-state index in [1.54, 1.807) is 36.4 Å². The fourth-order valence-corrected chi connectivity index (χ4v) is 4.43. The minimum Gasteiger partial charge on any atom is -0.273 e. The van der Waals surface area contributed by atoms with Crippen LogP contribution in [0.25, 0.3) is 0 Å². The number of para-hydroxylation sites is 2. The number of hydroxylamine groups is 1. The molecular formula is C24H19N3O5. The lowest BCUT2D eigenvalue weighted by Crippen LogP contribution is -2.37. The van der Waals surface area contributed by atoms with Gasteiger partial charge in [-0.3, -0.25) is 24.5 Å². The summed E-state index contributed by atoms with van der Waals surface area (Å²) in [6.07, 6.45) is -1.02. The van der Waals surface area contributed by atoms with Gasteiger partial charge < -0.3 is 0 Å². The normalized spacial score (nSPS) is 22.3. The van der Waals surface area contributed by atoms with E-state index in [0.717, 1.165) is 5.56 Å². The van der Waals surface area contributed by atoms with Crippen molar-refractivity contribution in [1.82, 2.24) is 0 Å². The first kappa shape index (κ1) is 19.9. The summed E-state index contributed by atoms with van der Waals surface area (Å²) in [5, 5.41) is 12.9. The van der Waals surface area contributed by atoms with Gasteiger partial charge in [-0.05, 0) is 36.2 Å². The summed E-state index contributed by atoms with van der Waals surface area (Å²) < 4.78 is 0. The summed E-state index contributed by atoms with van der Waals surface area (Å²) in [5.41, 5.74) is 2.40. The van der Waals surface area contributed by atoms with Gasteiger partial charge in [-0.25, -0.2) is 9.96 Å². The first-order valence-electron chi connectivity index (χ1n) is 10.2. The van der Waals surface area contributed by atoms with Gasteiger partial charge in [0, 0.05) is 12.1 Å². The first-order valence-corrected chi connectivity index (χ1v) is 10.2. The van der Waals surface area contributed by atoms with E-state index in [2.05, 4.69) is 0 Å². The molecule has 0 unspecified atom stereocenters. The number of nitro groups is 1. The summed E-state index contributed by atoms with van der Waals surface area (Å²) in [4.78, 5) is 45.0. The average Bonchev–Trinajstić information content (AvgIpc) is 3.31. The highest BCUT2D eigenvalue weighted by atomic mass is 16.7. The maximum Gasteiger partial charge on any atom is 0.269 e. The van der Waals surface area contributed by atoms with Crippen molar-refractivity contribution in [2.75, 3.05) is 9.96 Å². The topological polar surface area (TPSA) is 93.0 Å². The Morgan fingerprint density at radius 3 is 2.34 bits per heavy atom. The highest BCUT2D eigenvalue weighted by molar-refractivity contribution is 6.24. The highest BCUT2D eigenvalue weighted by Crippen LogP contribution is 2.48. The number of nitro benzene ring substituents is 1. The molecule has 2 aliphatic rings. The van der Waals surface area contributed by atoms with Crippen LogP contribution in [0.4, 0.5) is 17.1 Å². The zero-order valence-corrected chi connectivity index (χ0v) is 17.1. The number of amides is 2. The predicted octanol–water partition coefficient (Wildman–Crippen LogP) is 3.95. The Hall–Kier alpha value is -4.04. The van der Waals surface area contributed by atoms with Gasteiger partial charge in [0.05, 0.1) is 22.3 Å². The van der Waals surface area contributed by atoms with Crippen molar-refractivity contribution in [2.24, 2.45) is 5.92 Å². The van der Waals surface area contributed by atoms with Crippen LogP contribution in [0.15, 0.2) is 78.9 Å². The zero-order chi connectivity index (χ0) is 22.4. The number of carbonyl (C=O) groups is 2. The summed E-state index contributed by atoms with van der Waals surface area (Å²) in [6, 6.07) is 21.7. The van der Waals surface area contributed by atoms with E-state index in [1.165, 1.54) is 22.1 Å². The number of fused-ring (bicyclic) bond motifs is 1. The van der Waals surface area contributed by atoms with Crippen molar-refractivity contribution < 1.29 is 19.3 Å². The molecule has 2 heterocycles. The van der Waals surface area contributed by atoms with E-state index >= 15 is 0 Å². The smallest absolute Gasteiger partial charge is 0.269 e. The molecule has 3 aromatic carbocycles. The lowest BCUT2D eigenvalue weighted by molar-refractivity contribution is -0.384. The van der Waals surface area contributed by atoms with E-state index in [-0.39, 0.29) is 11.6 Å². The molecule has 3 aromatic rings. The number of carbonyl (C=O) groups excluding carboxylic acids is 2. The molecule has 2 aliphatic heterocycles. The van der Waals surface area contributed by atoms with Crippen LogP contribution in [0.2, 0.25) is 0 Å². The van der Waals surface area contributed by atoms with Crippen molar-refractivity contribution in [3.63, 3.8) is 0 Å². The molecule has 0 radical (unpaired) electrons. The van der Waals surface area contributed by atoms with Crippen LogP contribution in [0.1, 0.15) is 17.2 Å². The Labute approximate surface area is 183 Å². The average molecular weight is 429 g/mol. The van der Waals surface area contributed by atoms with E-state index in [1.807, 2.05) is 37.3 Å². The SMILES string of the molecule is Cc1ccccc1N1C(=O)[C@@H]2[C@H](ON(c3ccccc3)[C@H]2c2cccc([N+](=O)[O-])c2)C1=O. The number of hydrogen-bond acceptors (Lipinski definition) is 6. The van der Waals surface area contributed by atoms with Crippen LogP contribution in [0.3, 0.4) is 0 Å². The molecule has 32 heavy (non-hydrogen) atoms. The lowest BCUT2D eigenvalue weighted by Gasteiger charge is -2.29. The second-order valence-corrected chi connectivity index (χ2v) is 7.81. The molecule has 2 saturated heterocycles. The highest BCUT2D eigenvalue weighted by Gasteiger charge is 2.60. The molecule has 0 saturated carbocycles. The minimum absolute atomic E-state index is 0.0912. The van der Waals surface area contributed by atoms with E-state index < -0.39 is 28.9 Å². The van der Waals surface area contributed by atoms with Gasteiger partial charge >= 0.3 is 0 Å². The zero-order valence-electron chi connectivity index (χ0n) is 17.1. The molecule has 0 bridgehead atoms. The Bertz CT molecular complexity index is 1230. The second kappa shape index (κ2) is 7.58. The van der Waals surface area contributed by atoms with E-state index in [9.17, 15) is 19.7 Å². The monoisotopic (exact) mass is 429 g/mol. The van der Waals surface area contributed by atoms with E-state index in [0.29, 0.717) is 16.9 Å². The third kappa shape index (κ3) is 3.04. The van der Waals surface area contributed by atoms with Crippen LogP contribution in [0.5, 0.6) is 0 Å². The molecule has 0 spiro atoms. The van der Waals surface area contributed by atoms with Crippen LogP contribution >= 0.6 is 0 Å². The van der Waals surface area contributed by atoms with Crippen molar-refractivity contribution in [3.8, 4) is 0 Å². The first-order chi connectivity index (χ1) is 15.5. The quantitative estimate of drug-likeness (QED) is 0.354. The molecule has 160 valence electrons. The van der Waals surface area contributed by atoms with Gasteiger partial charge in [0.1, 0.15) is 5.92 Å². The molecular weight excluding hydrogens is 410 g/mol. The Morgan fingerprint density at radius 2 is 1.62 bits per heavy atom. The lowest BCUT2D eigenvalue weighted by atomic mass is 9.90. The van der Waals surface area contributed by atoms with Crippen molar-refractivity contribution in [1.29, 1.82) is 0 Å². The van der Waals surface area contributed by atoms with Gasteiger partial charge in [-0.2, -0.15) is 0 Å². The van der Waals surface area contributed by atoms with Crippen LogP contribution in [-0.4, -0.2) is 22.8 Å². The van der Waals surface area contributed by atoms with Crippen LogP contribution < -0.4 is 9.96 Å². The Kier molecular flexibility index (Phi) is 4.71. The summed E-state index contributed by atoms with van der Waals surface area (Å²) in [6.45, 7) is 1.83. The molecule has 2 fully saturated rings. The number of benzene rings is 3. The van der Waals surface area contributed by atoms with Crippen LogP contribution in [-0.2, 0) is 14.4 Å². The molecule has 0 N–H and O–H groups in total. The number of nitrogens with zero attached hydrogens (tertiary/aromatic N) is 3. The molecule has 3 atom stereocenters. The predicted molar refractivity (Wildman–Crippen MR) is 117 cm³/mol. The maximum atomic E-state index is 13.6. The minimum atomic E-state index is -1.02. The number of non-ortho nitro benzene ring substituents is 1. The van der Waals surface area contributed by atoms with Gasteiger partial charge in [0.15, 0.2) is 6.10 Å². The number of aryl methyl sites for hydroxylation is 1. The molecule has 0 aromatic heterocycles. The Balaban J connectivity index is 1.62. The molecule has 2 amide bonds. The number of rotatable bonds is 4. The molecule has 8 nitrogen and oxygen atoms in total.